The molecule has 1 aliphatic heterocycles. The Morgan fingerprint density at radius 1 is 1.57 bits per heavy atom. The van der Waals surface area contributed by atoms with E-state index in [1.54, 1.807) is 7.11 Å². The zero-order chi connectivity index (χ0) is 10.4. The Labute approximate surface area is 85.8 Å². The highest BCUT2D eigenvalue weighted by Gasteiger charge is 2.31. The van der Waals surface area contributed by atoms with Crippen molar-refractivity contribution in [3.63, 3.8) is 0 Å². The number of ether oxygens (including phenoxy) is 2. The van der Waals surface area contributed by atoms with Crippen LogP contribution in [0.4, 0.5) is 0 Å². The summed E-state index contributed by atoms with van der Waals surface area (Å²) in [5, 5.41) is 0. The molecule has 0 bridgehead atoms. The second-order valence-corrected chi connectivity index (χ2v) is 3.78. The number of carbonyl (C=O) groups is 1. The lowest BCUT2D eigenvalue weighted by molar-refractivity contribution is -0.124. The largest absolute Gasteiger partial charge is 0.385 e. The maximum absolute atomic E-state index is 11.8. The SMILES string of the molecule is CCC1OCCC1C(=O)CCCOC. The average Bonchev–Trinajstić information content (AvgIpc) is 2.65. The lowest BCUT2D eigenvalue weighted by Gasteiger charge is -2.15. The van der Waals surface area contributed by atoms with Crippen molar-refractivity contribution in [2.45, 2.75) is 38.7 Å². The lowest BCUT2D eigenvalue weighted by atomic mass is 9.92. The van der Waals surface area contributed by atoms with E-state index < -0.39 is 0 Å². The highest BCUT2D eigenvalue weighted by atomic mass is 16.5. The molecule has 2 unspecified atom stereocenters. The van der Waals surface area contributed by atoms with Crippen molar-refractivity contribution in [2.24, 2.45) is 5.92 Å². The van der Waals surface area contributed by atoms with Gasteiger partial charge in [-0.25, -0.2) is 0 Å². The summed E-state index contributed by atoms with van der Waals surface area (Å²) in [7, 11) is 1.66. The smallest absolute Gasteiger partial charge is 0.138 e. The second kappa shape index (κ2) is 6.14. The molecule has 0 saturated carbocycles. The van der Waals surface area contributed by atoms with Gasteiger partial charge in [0.2, 0.25) is 0 Å². The van der Waals surface area contributed by atoms with Gasteiger partial charge < -0.3 is 9.47 Å². The van der Waals surface area contributed by atoms with Crippen LogP contribution in [0.15, 0.2) is 0 Å². The molecule has 1 heterocycles. The number of ketones is 1. The van der Waals surface area contributed by atoms with Crippen LogP contribution in [-0.2, 0) is 14.3 Å². The first-order valence-electron chi connectivity index (χ1n) is 5.42. The van der Waals surface area contributed by atoms with E-state index in [2.05, 4.69) is 6.92 Å². The second-order valence-electron chi connectivity index (χ2n) is 3.78. The third-order valence-corrected chi connectivity index (χ3v) is 2.80. The molecule has 0 aromatic rings. The van der Waals surface area contributed by atoms with Gasteiger partial charge in [0.1, 0.15) is 5.78 Å². The van der Waals surface area contributed by atoms with Crippen LogP contribution in [-0.4, -0.2) is 32.2 Å². The zero-order valence-corrected chi connectivity index (χ0v) is 9.12. The number of hydrogen-bond acceptors (Lipinski definition) is 3. The molecule has 0 aliphatic carbocycles. The third-order valence-electron chi connectivity index (χ3n) is 2.80. The summed E-state index contributed by atoms with van der Waals surface area (Å²) in [6.07, 6.45) is 3.50. The van der Waals surface area contributed by atoms with Gasteiger partial charge in [-0.05, 0) is 19.3 Å². The van der Waals surface area contributed by atoms with E-state index in [0.29, 0.717) is 18.8 Å². The van der Waals surface area contributed by atoms with Gasteiger partial charge in [0, 0.05) is 32.7 Å². The molecule has 0 aromatic carbocycles. The summed E-state index contributed by atoms with van der Waals surface area (Å²) in [4.78, 5) is 11.8. The number of hydrogen-bond donors (Lipinski definition) is 0. The van der Waals surface area contributed by atoms with Crippen LogP contribution in [0.5, 0.6) is 0 Å². The summed E-state index contributed by atoms with van der Waals surface area (Å²) < 4.78 is 10.4. The number of Topliss-reactive ketones (excluding diaryl/α,β-unsaturated/α-hetero) is 1. The Balaban J connectivity index is 2.28. The van der Waals surface area contributed by atoms with E-state index >= 15 is 0 Å². The summed E-state index contributed by atoms with van der Waals surface area (Å²) >= 11 is 0. The van der Waals surface area contributed by atoms with Crippen LogP contribution in [0.2, 0.25) is 0 Å². The Hall–Kier alpha value is -0.410. The number of methoxy groups -OCH3 is 1. The topological polar surface area (TPSA) is 35.5 Å². The number of rotatable bonds is 6. The van der Waals surface area contributed by atoms with Gasteiger partial charge in [0.25, 0.3) is 0 Å². The summed E-state index contributed by atoms with van der Waals surface area (Å²) in [6, 6.07) is 0. The van der Waals surface area contributed by atoms with Crippen LogP contribution < -0.4 is 0 Å². The normalized spacial score (nSPS) is 26.7. The first kappa shape index (κ1) is 11.7. The van der Waals surface area contributed by atoms with Gasteiger partial charge >= 0.3 is 0 Å². The molecule has 3 heteroatoms. The van der Waals surface area contributed by atoms with Gasteiger partial charge in [-0.2, -0.15) is 0 Å². The molecule has 1 rings (SSSR count). The van der Waals surface area contributed by atoms with Crippen molar-refractivity contribution in [2.75, 3.05) is 20.3 Å². The van der Waals surface area contributed by atoms with Crippen molar-refractivity contribution in [3.8, 4) is 0 Å². The van der Waals surface area contributed by atoms with Gasteiger partial charge in [-0.1, -0.05) is 6.92 Å². The minimum absolute atomic E-state index is 0.150. The Kier molecular flexibility index (Phi) is 5.12. The highest BCUT2D eigenvalue weighted by molar-refractivity contribution is 5.81. The molecule has 0 radical (unpaired) electrons. The van der Waals surface area contributed by atoms with E-state index in [9.17, 15) is 4.79 Å². The van der Waals surface area contributed by atoms with Crippen molar-refractivity contribution in [1.29, 1.82) is 0 Å². The van der Waals surface area contributed by atoms with E-state index in [-0.39, 0.29) is 12.0 Å². The molecule has 0 spiro atoms. The molecule has 0 amide bonds. The summed E-state index contributed by atoms with van der Waals surface area (Å²) in [5.41, 5.74) is 0. The summed E-state index contributed by atoms with van der Waals surface area (Å²) in [5.74, 6) is 0.503. The molecular formula is C11H20O3. The Bertz CT molecular complexity index is 179. The number of carbonyl (C=O) groups excluding carboxylic acids is 1. The Morgan fingerprint density at radius 3 is 3.00 bits per heavy atom. The molecule has 14 heavy (non-hydrogen) atoms. The predicted molar refractivity (Wildman–Crippen MR) is 54.3 cm³/mol. The monoisotopic (exact) mass is 200 g/mol. The van der Waals surface area contributed by atoms with Gasteiger partial charge in [0.15, 0.2) is 0 Å². The molecule has 1 saturated heterocycles. The fourth-order valence-electron chi connectivity index (χ4n) is 2.00. The van der Waals surface area contributed by atoms with E-state index in [4.69, 9.17) is 9.47 Å². The van der Waals surface area contributed by atoms with Gasteiger partial charge in [-0.3, -0.25) is 4.79 Å². The lowest BCUT2D eigenvalue weighted by Crippen LogP contribution is -2.23. The quantitative estimate of drug-likeness (QED) is 0.613. The zero-order valence-electron chi connectivity index (χ0n) is 9.12. The molecule has 0 aromatic heterocycles. The van der Waals surface area contributed by atoms with Crippen molar-refractivity contribution in [3.05, 3.63) is 0 Å². The molecule has 1 aliphatic rings. The van der Waals surface area contributed by atoms with Crippen molar-refractivity contribution in [1.82, 2.24) is 0 Å². The minimum Gasteiger partial charge on any atom is -0.385 e. The van der Waals surface area contributed by atoms with Crippen molar-refractivity contribution < 1.29 is 14.3 Å². The van der Waals surface area contributed by atoms with Gasteiger partial charge in [0.05, 0.1) is 6.10 Å². The predicted octanol–water partition coefficient (Wildman–Crippen LogP) is 1.80. The van der Waals surface area contributed by atoms with E-state index in [1.165, 1.54) is 0 Å². The maximum atomic E-state index is 11.8. The maximum Gasteiger partial charge on any atom is 0.138 e. The molecule has 82 valence electrons. The van der Waals surface area contributed by atoms with Crippen LogP contribution in [0.1, 0.15) is 32.6 Å². The van der Waals surface area contributed by atoms with E-state index in [1.807, 2.05) is 0 Å². The fourth-order valence-corrected chi connectivity index (χ4v) is 2.00. The van der Waals surface area contributed by atoms with Crippen LogP contribution in [0.3, 0.4) is 0 Å². The van der Waals surface area contributed by atoms with Crippen LogP contribution in [0.25, 0.3) is 0 Å². The third kappa shape index (κ3) is 3.07. The molecule has 0 N–H and O–H groups in total. The molecular weight excluding hydrogens is 180 g/mol. The summed E-state index contributed by atoms with van der Waals surface area (Å²) in [6.45, 7) is 3.50. The van der Waals surface area contributed by atoms with E-state index in [0.717, 1.165) is 25.9 Å². The standard InChI is InChI=1S/C11H20O3/c1-3-11-9(6-8-14-11)10(12)5-4-7-13-2/h9,11H,3-8H2,1-2H3. The van der Waals surface area contributed by atoms with Crippen LogP contribution >= 0.6 is 0 Å². The minimum atomic E-state index is 0.150. The fraction of sp³-hybridized carbons (Fsp3) is 0.909. The van der Waals surface area contributed by atoms with Crippen LogP contribution in [0, 0.1) is 5.92 Å². The first-order chi connectivity index (χ1) is 6.79. The Morgan fingerprint density at radius 2 is 2.36 bits per heavy atom. The average molecular weight is 200 g/mol. The van der Waals surface area contributed by atoms with Crippen molar-refractivity contribution >= 4 is 5.78 Å². The first-order valence-corrected chi connectivity index (χ1v) is 5.42. The van der Waals surface area contributed by atoms with Gasteiger partial charge in [-0.15, -0.1) is 0 Å². The highest BCUT2D eigenvalue weighted by Crippen LogP contribution is 2.25. The molecule has 2 atom stereocenters. The molecule has 1 fully saturated rings. The molecule has 3 nitrogen and oxygen atoms in total.